The minimum Gasteiger partial charge on any atom is -0.398 e. The van der Waals surface area contributed by atoms with Crippen molar-refractivity contribution in [3.63, 3.8) is 0 Å². The molecule has 0 aliphatic rings. The highest BCUT2D eigenvalue weighted by Crippen LogP contribution is 2.33. The van der Waals surface area contributed by atoms with Crippen LogP contribution in [-0.4, -0.2) is 0 Å². The van der Waals surface area contributed by atoms with E-state index in [0.29, 0.717) is 11.3 Å². The third kappa shape index (κ3) is 1.63. The zero-order valence-corrected chi connectivity index (χ0v) is 9.73. The van der Waals surface area contributed by atoms with E-state index >= 15 is 0 Å². The summed E-state index contributed by atoms with van der Waals surface area (Å²) in [6.45, 7) is 0. The molecular formula is C16H12FN. The summed E-state index contributed by atoms with van der Waals surface area (Å²) < 4.78 is 13.9. The summed E-state index contributed by atoms with van der Waals surface area (Å²) in [6, 6.07) is 18.3. The van der Waals surface area contributed by atoms with Gasteiger partial charge in [-0.05, 0) is 23.1 Å². The average molecular weight is 237 g/mol. The number of rotatable bonds is 1. The van der Waals surface area contributed by atoms with Gasteiger partial charge in [-0.2, -0.15) is 0 Å². The molecule has 1 nitrogen and oxygen atoms in total. The van der Waals surface area contributed by atoms with Crippen molar-refractivity contribution in [2.24, 2.45) is 0 Å². The molecule has 0 radical (unpaired) electrons. The van der Waals surface area contributed by atoms with Crippen molar-refractivity contribution in [1.29, 1.82) is 0 Å². The van der Waals surface area contributed by atoms with Crippen LogP contribution in [0.3, 0.4) is 0 Å². The molecule has 3 rings (SSSR count). The quantitative estimate of drug-likeness (QED) is 0.630. The Morgan fingerprint density at radius 2 is 1.33 bits per heavy atom. The summed E-state index contributed by atoms with van der Waals surface area (Å²) in [4.78, 5) is 0. The molecule has 3 aromatic carbocycles. The highest BCUT2D eigenvalue weighted by molar-refractivity contribution is 6.02. The maximum atomic E-state index is 13.9. The van der Waals surface area contributed by atoms with E-state index in [1.54, 1.807) is 12.1 Å². The van der Waals surface area contributed by atoms with Crippen LogP contribution in [0.4, 0.5) is 10.1 Å². The van der Waals surface area contributed by atoms with Crippen LogP contribution in [0.2, 0.25) is 0 Å². The number of halogens is 1. The Balaban J connectivity index is 2.38. The second-order valence-electron chi connectivity index (χ2n) is 4.23. The number of hydrogen-bond acceptors (Lipinski definition) is 1. The first-order chi connectivity index (χ1) is 8.77. The third-order valence-electron chi connectivity index (χ3n) is 3.12. The predicted molar refractivity (Wildman–Crippen MR) is 73.8 cm³/mol. The van der Waals surface area contributed by atoms with E-state index in [0.717, 1.165) is 16.3 Å². The lowest BCUT2D eigenvalue weighted by atomic mass is 9.97. The zero-order valence-electron chi connectivity index (χ0n) is 9.73. The van der Waals surface area contributed by atoms with Gasteiger partial charge in [-0.1, -0.05) is 48.5 Å². The Labute approximate surface area is 105 Å². The van der Waals surface area contributed by atoms with E-state index in [2.05, 4.69) is 0 Å². The van der Waals surface area contributed by atoms with Gasteiger partial charge in [-0.3, -0.25) is 0 Å². The van der Waals surface area contributed by atoms with Gasteiger partial charge < -0.3 is 5.73 Å². The average Bonchev–Trinajstić information content (AvgIpc) is 2.41. The highest BCUT2D eigenvalue weighted by Gasteiger charge is 2.09. The molecule has 18 heavy (non-hydrogen) atoms. The first-order valence-corrected chi connectivity index (χ1v) is 5.79. The smallest absolute Gasteiger partial charge is 0.131 e. The summed E-state index contributed by atoms with van der Waals surface area (Å²) in [5, 5.41) is 1.93. The van der Waals surface area contributed by atoms with Gasteiger partial charge in [-0.25, -0.2) is 4.39 Å². The number of anilines is 1. The number of hydrogen-bond donors (Lipinski definition) is 1. The lowest BCUT2D eigenvalue weighted by molar-refractivity contribution is 0.631. The largest absolute Gasteiger partial charge is 0.398 e. The molecule has 0 atom stereocenters. The van der Waals surface area contributed by atoms with Crippen molar-refractivity contribution in [3.8, 4) is 11.1 Å². The normalized spacial score (nSPS) is 10.7. The second-order valence-corrected chi connectivity index (χ2v) is 4.23. The van der Waals surface area contributed by atoms with Gasteiger partial charge in [0.2, 0.25) is 0 Å². The molecule has 0 unspecified atom stereocenters. The van der Waals surface area contributed by atoms with Crippen molar-refractivity contribution in [2.45, 2.75) is 0 Å². The molecule has 2 heteroatoms. The molecular weight excluding hydrogens is 225 g/mol. The fourth-order valence-corrected chi connectivity index (χ4v) is 2.24. The second kappa shape index (κ2) is 4.15. The van der Waals surface area contributed by atoms with Crippen molar-refractivity contribution in [1.82, 2.24) is 0 Å². The molecule has 0 bridgehead atoms. The number of fused-ring (bicyclic) bond motifs is 1. The van der Waals surface area contributed by atoms with E-state index in [1.165, 1.54) is 6.07 Å². The molecule has 0 fully saturated rings. The minimum absolute atomic E-state index is 0.215. The van der Waals surface area contributed by atoms with Gasteiger partial charge in [0.15, 0.2) is 0 Å². The molecule has 0 aromatic heterocycles. The van der Waals surface area contributed by atoms with Crippen LogP contribution >= 0.6 is 0 Å². The molecule has 0 spiro atoms. The van der Waals surface area contributed by atoms with Crippen molar-refractivity contribution in [2.75, 3.05) is 5.73 Å². The zero-order chi connectivity index (χ0) is 12.5. The standard InChI is InChI=1S/C16H12FN/c17-15-8-4-3-6-13(15)12-9-10-16(18)14-7-2-1-5-11(12)14/h1-10H,18H2. The third-order valence-corrected chi connectivity index (χ3v) is 3.12. The Morgan fingerprint density at radius 1 is 0.667 bits per heavy atom. The molecule has 0 aliphatic heterocycles. The van der Waals surface area contributed by atoms with Crippen LogP contribution < -0.4 is 5.73 Å². The molecule has 2 N–H and O–H groups in total. The fourth-order valence-electron chi connectivity index (χ4n) is 2.24. The van der Waals surface area contributed by atoms with E-state index in [1.807, 2.05) is 42.5 Å². The lowest BCUT2D eigenvalue weighted by Crippen LogP contribution is -1.90. The van der Waals surface area contributed by atoms with Crippen molar-refractivity contribution < 1.29 is 4.39 Å². The van der Waals surface area contributed by atoms with Crippen LogP contribution in [-0.2, 0) is 0 Å². The Morgan fingerprint density at radius 3 is 2.11 bits per heavy atom. The van der Waals surface area contributed by atoms with Gasteiger partial charge in [-0.15, -0.1) is 0 Å². The Hall–Kier alpha value is -2.35. The van der Waals surface area contributed by atoms with E-state index in [-0.39, 0.29) is 5.82 Å². The topological polar surface area (TPSA) is 26.0 Å². The Kier molecular flexibility index (Phi) is 2.49. The number of benzene rings is 3. The van der Waals surface area contributed by atoms with Gasteiger partial charge in [0.05, 0.1) is 0 Å². The summed E-state index contributed by atoms with van der Waals surface area (Å²) >= 11 is 0. The monoisotopic (exact) mass is 237 g/mol. The first-order valence-electron chi connectivity index (χ1n) is 5.79. The molecule has 0 saturated carbocycles. The van der Waals surface area contributed by atoms with Gasteiger partial charge in [0.1, 0.15) is 5.82 Å². The van der Waals surface area contributed by atoms with Crippen molar-refractivity contribution in [3.05, 3.63) is 66.5 Å². The molecule has 0 heterocycles. The minimum atomic E-state index is -0.215. The van der Waals surface area contributed by atoms with Crippen LogP contribution in [0.1, 0.15) is 0 Å². The van der Waals surface area contributed by atoms with Crippen molar-refractivity contribution >= 4 is 16.5 Å². The molecule has 3 aromatic rings. The van der Waals surface area contributed by atoms with Crippen LogP contribution in [0.25, 0.3) is 21.9 Å². The first kappa shape index (κ1) is 10.8. The summed E-state index contributed by atoms with van der Waals surface area (Å²) in [6.07, 6.45) is 0. The number of nitrogens with two attached hydrogens (primary N) is 1. The maximum absolute atomic E-state index is 13.9. The summed E-state index contributed by atoms with van der Waals surface area (Å²) in [5.41, 5.74) is 8.14. The molecule has 0 aliphatic carbocycles. The maximum Gasteiger partial charge on any atom is 0.131 e. The van der Waals surface area contributed by atoms with Crippen LogP contribution in [0.5, 0.6) is 0 Å². The number of nitrogen functional groups attached to an aromatic ring is 1. The van der Waals surface area contributed by atoms with E-state index < -0.39 is 0 Å². The lowest BCUT2D eigenvalue weighted by Gasteiger charge is -2.09. The van der Waals surface area contributed by atoms with Gasteiger partial charge >= 0.3 is 0 Å². The van der Waals surface area contributed by atoms with Crippen LogP contribution in [0.15, 0.2) is 60.7 Å². The molecule has 88 valence electrons. The van der Waals surface area contributed by atoms with Gasteiger partial charge in [0.25, 0.3) is 0 Å². The van der Waals surface area contributed by atoms with E-state index in [4.69, 9.17) is 5.73 Å². The summed E-state index contributed by atoms with van der Waals surface area (Å²) in [7, 11) is 0. The molecule has 0 amide bonds. The van der Waals surface area contributed by atoms with Crippen LogP contribution in [0, 0.1) is 5.82 Å². The predicted octanol–water partition coefficient (Wildman–Crippen LogP) is 4.23. The molecule has 0 saturated heterocycles. The van der Waals surface area contributed by atoms with E-state index in [9.17, 15) is 4.39 Å². The summed E-state index contributed by atoms with van der Waals surface area (Å²) in [5.74, 6) is -0.215. The fraction of sp³-hybridized carbons (Fsp3) is 0. The SMILES string of the molecule is Nc1ccc(-c2ccccc2F)c2ccccc12. The van der Waals surface area contributed by atoms with Gasteiger partial charge in [0, 0.05) is 16.6 Å². The highest BCUT2D eigenvalue weighted by atomic mass is 19.1. The Bertz CT molecular complexity index is 719.